The molecule has 1 saturated heterocycles. The zero-order chi connectivity index (χ0) is 21.7. The summed E-state index contributed by atoms with van der Waals surface area (Å²) in [6.45, 7) is 11.6. The molecular formula is C23H37NO5. The highest BCUT2D eigenvalue weighted by molar-refractivity contribution is 6.27. The van der Waals surface area contributed by atoms with Gasteiger partial charge in [-0.1, -0.05) is 39.3 Å². The number of carbonyl (C=O) groups is 2. The minimum Gasteiger partial charge on any atom is -0.494 e. The minimum absolute atomic E-state index is 0.257. The van der Waals surface area contributed by atoms with Crippen molar-refractivity contribution in [3.63, 3.8) is 0 Å². The molecule has 29 heavy (non-hydrogen) atoms. The van der Waals surface area contributed by atoms with Crippen molar-refractivity contribution in [3.05, 3.63) is 29.8 Å². The number of unbranched alkanes of at least 4 members (excludes halogenated alkanes) is 2. The molecule has 6 heteroatoms. The van der Waals surface area contributed by atoms with Crippen LogP contribution in [0, 0.1) is 0 Å². The topological polar surface area (TPSA) is 87.1 Å². The number of nitrogens with zero attached hydrogens (tertiary/aromatic N) is 1. The third kappa shape index (κ3) is 10.3. The van der Waals surface area contributed by atoms with Crippen LogP contribution >= 0.6 is 0 Å². The second-order valence-corrected chi connectivity index (χ2v) is 8.18. The van der Waals surface area contributed by atoms with Gasteiger partial charge in [-0.25, -0.2) is 9.59 Å². The summed E-state index contributed by atoms with van der Waals surface area (Å²) in [6.07, 6.45) is 9.13. The Bertz CT molecular complexity index is 594. The number of carboxylic acids is 2. The van der Waals surface area contributed by atoms with E-state index in [0.29, 0.717) is 0 Å². The molecule has 0 unspecified atom stereocenters. The van der Waals surface area contributed by atoms with Crippen molar-refractivity contribution in [2.24, 2.45) is 0 Å². The van der Waals surface area contributed by atoms with Crippen LogP contribution < -0.4 is 4.74 Å². The van der Waals surface area contributed by atoms with Crippen LogP contribution in [0.1, 0.15) is 71.3 Å². The first kappa shape index (κ1) is 25.0. The minimum atomic E-state index is -1.82. The van der Waals surface area contributed by atoms with Gasteiger partial charge in [-0.3, -0.25) is 0 Å². The number of benzene rings is 1. The van der Waals surface area contributed by atoms with Crippen molar-refractivity contribution < 1.29 is 24.5 Å². The van der Waals surface area contributed by atoms with Crippen molar-refractivity contribution in [1.29, 1.82) is 0 Å². The number of hydrogen-bond donors (Lipinski definition) is 2. The van der Waals surface area contributed by atoms with E-state index in [9.17, 15) is 0 Å². The monoisotopic (exact) mass is 407 g/mol. The summed E-state index contributed by atoms with van der Waals surface area (Å²) in [6, 6.07) is 8.69. The molecule has 1 fully saturated rings. The maximum atomic E-state index is 9.10. The van der Waals surface area contributed by atoms with Crippen LogP contribution in [0.25, 0.3) is 0 Å². The Kier molecular flexibility index (Phi) is 11.4. The fourth-order valence-electron chi connectivity index (χ4n) is 3.19. The van der Waals surface area contributed by atoms with Crippen LogP contribution in [0.4, 0.5) is 0 Å². The molecule has 0 saturated carbocycles. The van der Waals surface area contributed by atoms with E-state index in [4.69, 9.17) is 24.5 Å². The number of rotatable bonds is 9. The fraction of sp³-hybridized carbons (Fsp3) is 0.652. The number of carboxylic acid groups (broad SMARTS) is 2. The van der Waals surface area contributed by atoms with Gasteiger partial charge in [0.2, 0.25) is 0 Å². The Morgan fingerprint density at radius 2 is 1.55 bits per heavy atom. The second kappa shape index (κ2) is 13.2. The van der Waals surface area contributed by atoms with E-state index in [0.717, 1.165) is 25.2 Å². The molecule has 164 valence electrons. The van der Waals surface area contributed by atoms with Gasteiger partial charge in [0, 0.05) is 0 Å². The summed E-state index contributed by atoms with van der Waals surface area (Å²) in [7, 11) is 0. The predicted molar refractivity (Wildman–Crippen MR) is 115 cm³/mol. The lowest BCUT2D eigenvalue weighted by Crippen LogP contribution is -2.30. The highest BCUT2D eigenvalue weighted by Gasteiger charge is 2.17. The molecule has 1 aromatic rings. The van der Waals surface area contributed by atoms with Crippen LogP contribution in [0.2, 0.25) is 0 Å². The average molecular weight is 408 g/mol. The molecule has 2 rings (SSSR count). The van der Waals surface area contributed by atoms with Gasteiger partial charge >= 0.3 is 11.9 Å². The van der Waals surface area contributed by atoms with E-state index in [2.05, 4.69) is 49.9 Å². The van der Waals surface area contributed by atoms with Gasteiger partial charge < -0.3 is 19.8 Å². The maximum absolute atomic E-state index is 9.10. The molecule has 1 aliphatic rings. The Balaban J connectivity index is 0.000000612. The zero-order valence-corrected chi connectivity index (χ0v) is 18.2. The molecule has 0 radical (unpaired) electrons. The SMILES string of the molecule is CCC(C)(C)c1ccc(OCCCCCN2CCCCC2)cc1.O=C(O)C(=O)O. The summed E-state index contributed by atoms with van der Waals surface area (Å²) < 4.78 is 5.89. The smallest absolute Gasteiger partial charge is 0.414 e. The first-order valence-corrected chi connectivity index (χ1v) is 10.7. The van der Waals surface area contributed by atoms with Gasteiger partial charge in [0.25, 0.3) is 0 Å². The van der Waals surface area contributed by atoms with Crippen LogP contribution in [0.3, 0.4) is 0 Å². The predicted octanol–water partition coefficient (Wildman–Crippen LogP) is 4.56. The lowest BCUT2D eigenvalue weighted by molar-refractivity contribution is -0.159. The Hall–Kier alpha value is -2.08. The number of ether oxygens (including phenoxy) is 1. The maximum Gasteiger partial charge on any atom is 0.414 e. The fourth-order valence-corrected chi connectivity index (χ4v) is 3.19. The van der Waals surface area contributed by atoms with Crippen molar-refractivity contribution in [3.8, 4) is 5.75 Å². The molecule has 0 spiro atoms. The van der Waals surface area contributed by atoms with E-state index >= 15 is 0 Å². The van der Waals surface area contributed by atoms with Crippen LogP contribution in [-0.2, 0) is 15.0 Å². The van der Waals surface area contributed by atoms with E-state index < -0.39 is 11.9 Å². The van der Waals surface area contributed by atoms with Crippen molar-refractivity contribution in [2.75, 3.05) is 26.2 Å². The van der Waals surface area contributed by atoms with Crippen LogP contribution in [0.5, 0.6) is 5.75 Å². The lowest BCUT2D eigenvalue weighted by atomic mass is 9.82. The van der Waals surface area contributed by atoms with Crippen molar-refractivity contribution >= 4 is 11.9 Å². The van der Waals surface area contributed by atoms with Crippen LogP contribution in [0.15, 0.2) is 24.3 Å². The molecule has 2 N–H and O–H groups in total. The molecule has 1 aliphatic heterocycles. The van der Waals surface area contributed by atoms with Gasteiger partial charge in [0.1, 0.15) is 5.75 Å². The number of aliphatic carboxylic acids is 2. The molecule has 0 amide bonds. The van der Waals surface area contributed by atoms with Gasteiger partial charge in [-0.05, 0) is 81.3 Å². The van der Waals surface area contributed by atoms with Crippen molar-refractivity contribution in [1.82, 2.24) is 4.90 Å². The number of piperidine rings is 1. The first-order valence-electron chi connectivity index (χ1n) is 10.7. The molecule has 0 bridgehead atoms. The highest BCUT2D eigenvalue weighted by Crippen LogP contribution is 2.28. The summed E-state index contributed by atoms with van der Waals surface area (Å²) in [5.74, 6) is -2.64. The molecule has 1 heterocycles. The highest BCUT2D eigenvalue weighted by atomic mass is 16.5. The molecule has 0 atom stereocenters. The third-order valence-corrected chi connectivity index (χ3v) is 5.54. The van der Waals surface area contributed by atoms with Gasteiger partial charge in [0.05, 0.1) is 6.61 Å². The van der Waals surface area contributed by atoms with E-state index in [-0.39, 0.29) is 5.41 Å². The Morgan fingerprint density at radius 3 is 2.07 bits per heavy atom. The van der Waals surface area contributed by atoms with E-state index in [1.807, 2.05) is 0 Å². The lowest BCUT2D eigenvalue weighted by Gasteiger charge is -2.26. The average Bonchev–Trinajstić information content (AvgIpc) is 2.72. The molecule has 0 aromatic heterocycles. The van der Waals surface area contributed by atoms with Crippen molar-refractivity contribution in [2.45, 2.75) is 71.1 Å². The number of likely N-dealkylation sites (tertiary alicyclic amines) is 1. The number of hydrogen-bond acceptors (Lipinski definition) is 4. The zero-order valence-electron chi connectivity index (χ0n) is 18.2. The van der Waals surface area contributed by atoms with Gasteiger partial charge in [0.15, 0.2) is 0 Å². The summed E-state index contributed by atoms with van der Waals surface area (Å²) in [4.78, 5) is 20.8. The summed E-state index contributed by atoms with van der Waals surface area (Å²) in [5, 5.41) is 14.8. The van der Waals surface area contributed by atoms with Gasteiger partial charge in [-0.2, -0.15) is 0 Å². The van der Waals surface area contributed by atoms with E-state index in [1.54, 1.807) is 0 Å². The first-order chi connectivity index (χ1) is 13.8. The summed E-state index contributed by atoms with van der Waals surface area (Å²) in [5.41, 5.74) is 1.65. The Labute approximate surface area is 174 Å². The normalized spacial score (nSPS) is 14.6. The van der Waals surface area contributed by atoms with E-state index in [1.165, 1.54) is 57.3 Å². The largest absolute Gasteiger partial charge is 0.494 e. The molecular weight excluding hydrogens is 370 g/mol. The molecule has 6 nitrogen and oxygen atoms in total. The molecule has 0 aliphatic carbocycles. The summed E-state index contributed by atoms with van der Waals surface area (Å²) >= 11 is 0. The molecule has 1 aromatic carbocycles. The second-order valence-electron chi connectivity index (χ2n) is 8.18. The quantitative estimate of drug-likeness (QED) is 0.461. The standard InChI is InChI=1S/C21H35NO.C2H2O4/c1-4-21(2,3)19-11-13-20(14-12-19)23-18-10-6-9-17-22-15-7-5-8-16-22;3-1(4)2(5)6/h11-14H,4-10,15-18H2,1-3H3;(H,3,4)(H,5,6). The Morgan fingerprint density at radius 1 is 0.966 bits per heavy atom. The van der Waals surface area contributed by atoms with Crippen LogP contribution in [-0.4, -0.2) is 53.3 Å². The third-order valence-electron chi connectivity index (χ3n) is 5.54. The van der Waals surface area contributed by atoms with Gasteiger partial charge in [-0.15, -0.1) is 0 Å².